The topological polar surface area (TPSA) is 49.3 Å². The van der Waals surface area contributed by atoms with Gasteiger partial charge in [-0.05, 0) is 18.8 Å². The lowest BCUT2D eigenvalue weighted by Crippen LogP contribution is -2.38. The maximum absolute atomic E-state index is 11.6. The van der Waals surface area contributed by atoms with Crippen molar-refractivity contribution >= 4 is 5.91 Å². The van der Waals surface area contributed by atoms with Crippen LogP contribution in [-0.4, -0.2) is 24.2 Å². The number of rotatable bonds is 6. The van der Waals surface area contributed by atoms with Crippen LogP contribution in [0.3, 0.4) is 0 Å². The zero-order chi connectivity index (χ0) is 12.0. The number of aliphatic hydroxyl groups excluding tert-OH is 1. The Labute approximate surface area is 98.6 Å². The summed E-state index contributed by atoms with van der Waals surface area (Å²) in [7, 11) is 0. The van der Waals surface area contributed by atoms with Crippen LogP contribution in [-0.2, 0) is 4.79 Å². The molecule has 16 heavy (non-hydrogen) atoms. The fourth-order valence-electron chi connectivity index (χ4n) is 2.33. The molecule has 0 spiro atoms. The highest BCUT2D eigenvalue weighted by Crippen LogP contribution is 2.36. The second kappa shape index (κ2) is 6.24. The van der Waals surface area contributed by atoms with Crippen LogP contribution in [0.4, 0.5) is 0 Å². The van der Waals surface area contributed by atoms with E-state index in [1.807, 2.05) is 0 Å². The molecule has 0 aromatic heterocycles. The highest BCUT2D eigenvalue weighted by Gasteiger charge is 2.33. The number of aliphatic hydroxyl groups is 1. The summed E-state index contributed by atoms with van der Waals surface area (Å²) in [5, 5.41) is 12.4. The molecule has 1 fully saturated rings. The van der Waals surface area contributed by atoms with Gasteiger partial charge in [-0.2, -0.15) is 0 Å². The minimum absolute atomic E-state index is 0.0227. The van der Waals surface area contributed by atoms with Crippen molar-refractivity contribution < 1.29 is 9.90 Å². The Kier molecular flexibility index (Phi) is 5.26. The number of hydrogen-bond acceptors (Lipinski definition) is 2. The summed E-state index contributed by atoms with van der Waals surface area (Å²) in [6.07, 6.45) is 6.11. The molecule has 3 nitrogen and oxygen atoms in total. The van der Waals surface area contributed by atoms with Crippen LogP contribution in [0.5, 0.6) is 0 Å². The van der Waals surface area contributed by atoms with Gasteiger partial charge in [-0.25, -0.2) is 0 Å². The Morgan fingerprint density at radius 1 is 1.44 bits per heavy atom. The molecule has 0 aromatic carbocycles. The monoisotopic (exact) mass is 227 g/mol. The molecule has 2 N–H and O–H groups in total. The molecule has 1 rings (SSSR count). The summed E-state index contributed by atoms with van der Waals surface area (Å²) in [6, 6.07) is 0. The van der Waals surface area contributed by atoms with Crippen molar-refractivity contribution in [1.29, 1.82) is 0 Å². The lowest BCUT2D eigenvalue weighted by Gasteiger charge is -2.26. The molecule has 94 valence electrons. The van der Waals surface area contributed by atoms with Crippen LogP contribution in [0, 0.1) is 11.3 Å². The van der Waals surface area contributed by atoms with E-state index in [2.05, 4.69) is 19.2 Å². The molecule has 0 heterocycles. The van der Waals surface area contributed by atoms with E-state index >= 15 is 0 Å². The Morgan fingerprint density at radius 2 is 2.06 bits per heavy atom. The highest BCUT2D eigenvalue weighted by molar-refractivity contribution is 5.76. The molecule has 1 atom stereocenters. The maximum Gasteiger partial charge on any atom is 0.220 e. The van der Waals surface area contributed by atoms with Gasteiger partial charge in [0.25, 0.3) is 0 Å². The third-order valence-corrected chi connectivity index (χ3v) is 3.89. The Morgan fingerprint density at radius 3 is 2.56 bits per heavy atom. The van der Waals surface area contributed by atoms with Gasteiger partial charge >= 0.3 is 0 Å². The largest absolute Gasteiger partial charge is 0.396 e. The molecule has 0 saturated heterocycles. The average molecular weight is 227 g/mol. The molecule has 0 aliphatic heterocycles. The van der Waals surface area contributed by atoms with Crippen LogP contribution in [0.1, 0.15) is 52.4 Å². The van der Waals surface area contributed by atoms with Crippen molar-refractivity contribution in [3.8, 4) is 0 Å². The van der Waals surface area contributed by atoms with Gasteiger partial charge in [-0.1, -0.05) is 33.1 Å². The van der Waals surface area contributed by atoms with Crippen molar-refractivity contribution in [2.75, 3.05) is 13.2 Å². The van der Waals surface area contributed by atoms with Crippen LogP contribution in [0.2, 0.25) is 0 Å². The van der Waals surface area contributed by atoms with Crippen LogP contribution >= 0.6 is 0 Å². The lowest BCUT2D eigenvalue weighted by molar-refractivity contribution is -0.122. The molecule has 0 aromatic rings. The number of carbonyl (C=O) groups is 1. The van der Waals surface area contributed by atoms with E-state index in [4.69, 9.17) is 0 Å². The van der Waals surface area contributed by atoms with Gasteiger partial charge < -0.3 is 10.4 Å². The van der Waals surface area contributed by atoms with Crippen molar-refractivity contribution in [2.45, 2.75) is 52.4 Å². The van der Waals surface area contributed by atoms with Crippen LogP contribution in [0.15, 0.2) is 0 Å². The van der Waals surface area contributed by atoms with Crippen molar-refractivity contribution in [2.24, 2.45) is 11.3 Å². The van der Waals surface area contributed by atoms with E-state index in [-0.39, 0.29) is 17.9 Å². The van der Waals surface area contributed by atoms with Gasteiger partial charge in [-0.15, -0.1) is 0 Å². The number of carbonyl (C=O) groups excluding carboxylic acids is 1. The first-order valence-corrected chi connectivity index (χ1v) is 6.49. The van der Waals surface area contributed by atoms with Crippen molar-refractivity contribution in [3.63, 3.8) is 0 Å². The second-order valence-electron chi connectivity index (χ2n) is 5.36. The summed E-state index contributed by atoms with van der Waals surface area (Å²) in [5.74, 6) is 0.586. The smallest absolute Gasteiger partial charge is 0.220 e. The van der Waals surface area contributed by atoms with E-state index in [1.54, 1.807) is 0 Å². The average Bonchev–Trinajstić information content (AvgIpc) is 2.75. The van der Waals surface area contributed by atoms with Gasteiger partial charge in [0, 0.05) is 18.4 Å². The SMILES string of the molecule is CCC(C)CC(=O)NCC1(CO)CCCC1. The molecule has 0 radical (unpaired) electrons. The zero-order valence-electron chi connectivity index (χ0n) is 10.6. The molecular formula is C13H25NO2. The zero-order valence-corrected chi connectivity index (χ0v) is 10.6. The third kappa shape index (κ3) is 3.78. The fourth-order valence-corrected chi connectivity index (χ4v) is 2.33. The van der Waals surface area contributed by atoms with Gasteiger partial charge in [0.15, 0.2) is 0 Å². The van der Waals surface area contributed by atoms with E-state index in [0.29, 0.717) is 18.9 Å². The molecular weight excluding hydrogens is 202 g/mol. The predicted molar refractivity (Wildman–Crippen MR) is 65.1 cm³/mol. The first-order chi connectivity index (χ1) is 7.62. The number of amides is 1. The molecule has 1 unspecified atom stereocenters. The van der Waals surface area contributed by atoms with Gasteiger partial charge in [-0.3, -0.25) is 4.79 Å². The van der Waals surface area contributed by atoms with E-state index in [1.165, 1.54) is 12.8 Å². The third-order valence-electron chi connectivity index (χ3n) is 3.89. The lowest BCUT2D eigenvalue weighted by atomic mass is 9.87. The maximum atomic E-state index is 11.6. The van der Waals surface area contributed by atoms with Gasteiger partial charge in [0.05, 0.1) is 6.61 Å². The van der Waals surface area contributed by atoms with Crippen LogP contribution in [0.25, 0.3) is 0 Å². The van der Waals surface area contributed by atoms with E-state index < -0.39 is 0 Å². The Bertz CT molecular complexity index is 222. The van der Waals surface area contributed by atoms with E-state index in [0.717, 1.165) is 19.3 Å². The summed E-state index contributed by atoms with van der Waals surface area (Å²) in [4.78, 5) is 11.6. The fraction of sp³-hybridized carbons (Fsp3) is 0.923. The standard InChI is InChI=1S/C13H25NO2/c1-3-11(2)8-12(16)14-9-13(10-15)6-4-5-7-13/h11,15H,3-10H2,1-2H3,(H,14,16). The molecule has 0 bridgehead atoms. The summed E-state index contributed by atoms with van der Waals surface area (Å²) in [6.45, 7) is 5.05. The number of nitrogens with one attached hydrogen (secondary N) is 1. The Balaban J connectivity index is 2.29. The first kappa shape index (κ1) is 13.5. The van der Waals surface area contributed by atoms with E-state index in [9.17, 15) is 9.90 Å². The van der Waals surface area contributed by atoms with Crippen molar-refractivity contribution in [3.05, 3.63) is 0 Å². The molecule has 1 aliphatic rings. The predicted octanol–water partition coefficient (Wildman–Crippen LogP) is 2.09. The molecule has 1 aliphatic carbocycles. The second-order valence-corrected chi connectivity index (χ2v) is 5.36. The summed E-state index contributed by atoms with van der Waals surface area (Å²) < 4.78 is 0. The molecule has 3 heteroatoms. The first-order valence-electron chi connectivity index (χ1n) is 6.49. The van der Waals surface area contributed by atoms with Gasteiger partial charge in [0.1, 0.15) is 0 Å². The van der Waals surface area contributed by atoms with Crippen molar-refractivity contribution in [1.82, 2.24) is 5.32 Å². The number of hydrogen-bond donors (Lipinski definition) is 2. The Hall–Kier alpha value is -0.570. The minimum Gasteiger partial charge on any atom is -0.396 e. The highest BCUT2D eigenvalue weighted by atomic mass is 16.3. The normalized spacial score (nSPS) is 20.7. The van der Waals surface area contributed by atoms with Gasteiger partial charge in [0.2, 0.25) is 5.91 Å². The minimum atomic E-state index is -0.0227. The summed E-state index contributed by atoms with van der Waals surface area (Å²) >= 11 is 0. The molecule has 1 amide bonds. The molecule has 1 saturated carbocycles. The quantitative estimate of drug-likeness (QED) is 0.730. The van der Waals surface area contributed by atoms with Crippen LogP contribution < -0.4 is 5.32 Å². The summed E-state index contributed by atoms with van der Waals surface area (Å²) in [5.41, 5.74) is -0.0227.